The van der Waals surface area contributed by atoms with Crippen LogP contribution in [-0.4, -0.2) is 73.0 Å². The summed E-state index contributed by atoms with van der Waals surface area (Å²) in [4.78, 5) is 18.8. The molecule has 2 unspecified atom stereocenters. The van der Waals surface area contributed by atoms with E-state index < -0.39 is 0 Å². The van der Waals surface area contributed by atoms with E-state index in [1.807, 2.05) is 0 Å². The van der Waals surface area contributed by atoms with Gasteiger partial charge in [0.1, 0.15) is 0 Å². The van der Waals surface area contributed by atoms with Gasteiger partial charge in [0.25, 0.3) is 0 Å². The van der Waals surface area contributed by atoms with Crippen LogP contribution in [0.25, 0.3) is 0 Å². The zero-order chi connectivity index (χ0) is 14.4. The van der Waals surface area contributed by atoms with Crippen molar-refractivity contribution >= 4 is 5.91 Å². The molecule has 0 aromatic rings. The van der Waals surface area contributed by atoms with Crippen LogP contribution in [-0.2, 0) is 4.79 Å². The highest BCUT2D eigenvalue weighted by molar-refractivity contribution is 5.76. The standard InChI is InChI=1S/C15H31N3O/c1-6-8-15(19)17-11-13(2)18(14(3)12-17)10-7-9-16(4)5/h13-14H,6-12H2,1-5H3. The zero-order valence-electron chi connectivity index (χ0n) is 13.4. The lowest BCUT2D eigenvalue weighted by Crippen LogP contribution is -2.58. The molecule has 1 aliphatic rings. The first-order chi connectivity index (χ1) is 8.95. The topological polar surface area (TPSA) is 26.8 Å². The quantitative estimate of drug-likeness (QED) is 0.734. The van der Waals surface area contributed by atoms with Crippen LogP contribution in [0.15, 0.2) is 0 Å². The Bertz CT molecular complexity index is 269. The molecule has 0 bridgehead atoms. The molecule has 0 radical (unpaired) electrons. The van der Waals surface area contributed by atoms with E-state index in [1.165, 1.54) is 6.42 Å². The minimum absolute atomic E-state index is 0.328. The third-order valence-corrected chi connectivity index (χ3v) is 3.94. The fourth-order valence-electron chi connectivity index (χ4n) is 2.94. The van der Waals surface area contributed by atoms with Gasteiger partial charge in [-0.1, -0.05) is 6.92 Å². The van der Waals surface area contributed by atoms with E-state index in [4.69, 9.17) is 0 Å². The van der Waals surface area contributed by atoms with E-state index in [2.05, 4.69) is 49.6 Å². The van der Waals surface area contributed by atoms with Crippen molar-refractivity contribution in [1.82, 2.24) is 14.7 Å². The number of piperazine rings is 1. The molecule has 4 nitrogen and oxygen atoms in total. The maximum absolute atomic E-state index is 12.0. The minimum Gasteiger partial charge on any atom is -0.340 e. The minimum atomic E-state index is 0.328. The van der Waals surface area contributed by atoms with Crippen LogP contribution in [0.1, 0.15) is 40.0 Å². The Morgan fingerprint density at radius 2 is 1.79 bits per heavy atom. The highest BCUT2D eigenvalue weighted by Gasteiger charge is 2.30. The van der Waals surface area contributed by atoms with Crippen LogP contribution in [0.3, 0.4) is 0 Å². The Morgan fingerprint density at radius 1 is 1.21 bits per heavy atom. The SMILES string of the molecule is CCCC(=O)N1CC(C)N(CCCN(C)C)C(C)C1. The summed E-state index contributed by atoms with van der Waals surface area (Å²) in [5.41, 5.74) is 0. The molecule has 1 fully saturated rings. The molecular weight excluding hydrogens is 238 g/mol. The van der Waals surface area contributed by atoms with Crippen molar-refractivity contribution in [3.63, 3.8) is 0 Å². The van der Waals surface area contributed by atoms with Gasteiger partial charge < -0.3 is 9.80 Å². The van der Waals surface area contributed by atoms with Gasteiger partial charge in [-0.05, 0) is 47.3 Å². The van der Waals surface area contributed by atoms with E-state index in [1.54, 1.807) is 0 Å². The predicted octanol–water partition coefficient (Wildman–Crippen LogP) is 1.66. The normalized spacial score (nSPS) is 25.1. The lowest BCUT2D eigenvalue weighted by Gasteiger charge is -2.44. The molecule has 0 N–H and O–H groups in total. The number of carbonyl (C=O) groups excluding carboxylic acids is 1. The van der Waals surface area contributed by atoms with Gasteiger partial charge >= 0.3 is 0 Å². The van der Waals surface area contributed by atoms with Gasteiger partial charge in [-0.3, -0.25) is 9.69 Å². The molecule has 0 aliphatic carbocycles. The molecule has 0 aromatic carbocycles. The van der Waals surface area contributed by atoms with Crippen LogP contribution in [0.2, 0.25) is 0 Å². The fourth-order valence-corrected chi connectivity index (χ4v) is 2.94. The average Bonchev–Trinajstić information content (AvgIpc) is 2.32. The summed E-state index contributed by atoms with van der Waals surface area (Å²) in [6, 6.07) is 0.957. The molecule has 0 spiro atoms. The van der Waals surface area contributed by atoms with Crippen molar-refractivity contribution in [2.24, 2.45) is 0 Å². The van der Waals surface area contributed by atoms with Crippen molar-refractivity contribution in [1.29, 1.82) is 0 Å². The Balaban J connectivity index is 2.45. The van der Waals surface area contributed by atoms with E-state index in [0.29, 0.717) is 24.4 Å². The van der Waals surface area contributed by atoms with E-state index in [0.717, 1.165) is 32.6 Å². The molecule has 0 aromatic heterocycles. The maximum atomic E-state index is 12.0. The highest BCUT2D eigenvalue weighted by atomic mass is 16.2. The van der Waals surface area contributed by atoms with Crippen molar-refractivity contribution in [2.45, 2.75) is 52.1 Å². The van der Waals surface area contributed by atoms with Crippen molar-refractivity contribution in [3.8, 4) is 0 Å². The second kappa shape index (κ2) is 7.85. The van der Waals surface area contributed by atoms with Crippen molar-refractivity contribution in [2.75, 3.05) is 40.3 Å². The Labute approximate surface area is 118 Å². The molecular formula is C15H31N3O. The molecule has 2 atom stereocenters. The number of carbonyl (C=O) groups is 1. The zero-order valence-corrected chi connectivity index (χ0v) is 13.4. The summed E-state index contributed by atoms with van der Waals surface area (Å²) >= 11 is 0. The van der Waals surface area contributed by atoms with Gasteiger partial charge in [0.15, 0.2) is 0 Å². The molecule has 1 saturated heterocycles. The summed E-state index contributed by atoms with van der Waals surface area (Å²) in [7, 11) is 4.24. The summed E-state index contributed by atoms with van der Waals surface area (Å²) in [5, 5.41) is 0. The number of amides is 1. The van der Waals surface area contributed by atoms with Crippen LogP contribution in [0.5, 0.6) is 0 Å². The molecule has 1 rings (SSSR count). The maximum Gasteiger partial charge on any atom is 0.222 e. The molecule has 112 valence electrons. The van der Waals surface area contributed by atoms with Crippen LogP contribution in [0.4, 0.5) is 0 Å². The Kier molecular flexibility index (Phi) is 6.80. The average molecular weight is 269 g/mol. The van der Waals surface area contributed by atoms with Crippen molar-refractivity contribution in [3.05, 3.63) is 0 Å². The van der Waals surface area contributed by atoms with Crippen molar-refractivity contribution < 1.29 is 4.79 Å². The number of rotatable bonds is 6. The van der Waals surface area contributed by atoms with Gasteiger partial charge in [-0.25, -0.2) is 0 Å². The van der Waals surface area contributed by atoms with Gasteiger partial charge in [0.05, 0.1) is 0 Å². The van der Waals surface area contributed by atoms with Crippen LogP contribution >= 0.6 is 0 Å². The largest absolute Gasteiger partial charge is 0.340 e. The van der Waals surface area contributed by atoms with Crippen LogP contribution < -0.4 is 0 Å². The van der Waals surface area contributed by atoms with Gasteiger partial charge in [-0.2, -0.15) is 0 Å². The molecule has 0 saturated carbocycles. The first kappa shape index (κ1) is 16.4. The molecule has 1 heterocycles. The Morgan fingerprint density at radius 3 is 2.26 bits per heavy atom. The summed E-state index contributed by atoms with van der Waals surface area (Å²) in [5.74, 6) is 0.328. The predicted molar refractivity (Wildman–Crippen MR) is 80.3 cm³/mol. The van der Waals surface area contributed by atoms with E-state index in [-0.39, 0.29) is 0 Å². The van der Waals surface area contributed by atoms with Gasteiger partial charge in [0, 0.05) is 38.1 Å². The Hall–Kier alpha value is -0.610. The van der Waals surface area contributed by atoms with E-state index >= 15 is 0 Å². The number of nitrogens with zero attached hydrogens (tertiary/aromatic N) is 3. The first-order valence-corrected chi connectivity index (χ1v) is 7.64. The number of hydrogen-bond acceptors (Lipinski definition) is 3. The summed E-state index contributed by atoms with van der Waals surface area (Å²) in [6.07, 6.45) is 2.84. The third-order valence-electron chi connectivity index (χ3n) is 3.94. The second-order valence-electron chi connectivity index (χ2n) is 6.14. The highest BCUT2D eigenvalue weighted by Crippen LogP contribution is 2.17. The van der Waals surface area contributed by atoms with E-state index in [9.17, 15) is 4.79 Å². The second-order valence-corrected chi connectivity index (χ2v) is 6.14. The summed E-state index contributed by atoms with van der Waals surface area (Å²) in [6.45, 7) is 10.6. The lowest BCUT2D eigenvalue weighted by molar-refractivity contribution is -0.135. The summed E-state index contributed by atoms with van der Waals surface area (Å²) < 4.78 is 0. The molecule has 1 aliphatic heterocycles. The molecule has 19 heavy (non-hydrogen) atoms. The molecule has 1 amide bonds. The monoisotopic (exact) mass is 269 g/mol. The third kappa shape index (κ3) is 5.11. The van der Waals surface area contributed by atoms with Crippen LogP contribution in [0, 0.1) is 0 Å². The smallest absolute Gasteiger partial charge is 0.222 e. The van der Waals surface area contributed by atoms with Gasteiger partial charge in [0.2, 0.25) is 5.91 Å². The number of hydrogen-bond donors (Lipinski definition) is 0. The fraction of sp³-hybridized carbons (Fsp3) is 0.933. The first-order valence-electron chi connectivity index (χ1n) is 7.64. The molecule has 4 heteroatoms. The lowest BCUT2D eigenvalue weighted by atomic mass is 10.1. The van der Waals surface area contributed by atoms with Gasteiger partial charge in [-0.15, -0.1) is 0 Å².